The number of aromatic nitrogens is 2. The Kier molecular flexibility index (Phi) is 4.08. The molecule has 0 radical (unpaired) electrons. The molecular weight excluding hydrogens is 304 g/mol. The predicted octanol–water partition coefficient (Wildman–Crippen LogP) is 1.36. The minimum Gasteiger partial charge on any atom is -0.392 e. The highest BCUT2D eigenvalue weighted by Crippen LogP contribution is 2.27. The van der Waals surface area contributed by atoms with Crippen LogP contribution in [0.4, 0.5) is 0 Å². The van der Waals surface area contributed by atoms with E-state index >= 15 is 0 Å². The number of rotatable bonds is 3. The normalized spacial score (nSPS) is 24.6. The number of carbonyl (C=O) groups excluding carboxylic acids is 1. The third-order valence-electron chi connectivity index (χ3n) is 5.13. The maximum absolute atomic E-state index is 13.0. The minimum absolute atomic E-state index is 0.0778. The van der Waals surface area contributed by atoms with E-state index in [0.29, 0.717) is 6.04 Å². The van der Waals surface area contributed by atoms with Crippen LogP contribution in [-0.2, 0) is 0 Å². The van der Waals surface area contributed by atoms with E-state index in [4.69, 9.17) is 0 Å². The summed E-state index contributed by atoms with van der Waals surface area (Å²) in [5.41, 5.74) is 2.56. The number of H-pyrrole nitrogens is 1. The van der Waals surface area contributed by atoms with Gasteiger partial charge in [0.25, 0.3) is 5.91 Å². The SMILES string of the molecule is O=C(c1ccccc1-c1cn[nH]c1)N1CCC(N2CCC(O)C2)C1. The van der Waals surface area contributed by atoms with Crippen LogP contribution in [-0.4, -0.2) is 69.3 Å². The van der Waals surface area contributed by atoms with Crippen molar-refractivity contribution < 1.29 is 9.90 Å². The number of aliphatic hydroxyl groups is 1. The van der Waals surface area contributed by atoms with Crippen LogP contribution in [0, 0.1) is 0 Å². The van der Waals surface area contributed by atoms with E-state index in [-0.39, 0.29) is 12.0 Å². The van der Waals surface area contributed by atoms with Crippen molar-refractivity contribution in [1.29, 1.82) is 0 Å². The van der Waals surface area contributed by atoms with Crippen molar-refractivity contribution in [3.05, 3.63) is 42.2 Å². The summed E-state index contributed by atoms with van der Waals surface area (Å²) in [5.74, 6) is 0.0778. The molecule has 126 valence electrons. The molecule has 2 atom stereocenters. The fourth-order valence-corrected chi connectivity index (χ4v) is 3.81. The van der Waals surface area contributed by atoms with Gasteiger partial charge in [-0.3, -0.25) is 14.8 Å². The molecule has 1 amide bonds. The summed E-state index contributed by atoms with van der Waals surface area (Å²) in [4.78, 5) is 17.3. The van der Waals surface area contributed by atoms with Gasteiger partial charge in [0.15, 0.2) is 0 Å². The van der Waals surface area contributed by atoms with Crippen LogP contribution in [0.15, 0.2) is 36.7 Å². The minimum atomic E-state index is -0.212. The highest BCUT2D eigenvalue weighted by atomic mass is 16.3. The van der Waals surface area contributed by atoms with Gasteiger partial charge in [-0.25, -0.2) is 0 Å². The zero-order chi connectivity index (χ0) is 16.5. The molecular formula is C18H22N4O2. The van der Waals surface area contributed by atoms with Crippen molar-refractivity contribution in [2.75, 3.05) is 26.2 Å². The van der Waals surface area contributed by atoms with Gasteiger partial charge in [0.1, 0.15) is 0 Å². The van der Waals surface area contributed by atoms with Gasteiger partial charge in [0, 0.05) is 49.5 Å². The Bertz CT molecular complexity index is 716. The van der Waals surface area contributed by atoms with Crippen LogP contribution in [0.25, 0.3) is 11.1 Å². The van der Waals surface area contributed by atoms with Gasteiger partial charge in [0.2, 0.25) is 0 Å². The summed E-state index contributed by atoms with van der Waals surface area (Å²) in [6.07, 6.45) is 5.16. The number of nitrogens with zero attached hydrogens (tertiary/aromatic N) is 3. The third-order valence-corrected chi connectivity index (χ3v) is 5.13. The summed E-state index contributed by atoms with van der Waals surface area (Å²) >= 11 is 0. The molecule has 2 fully saturated rings. The number of hydrogen-bond acceptors (Lipinski definition) is 4. The molecule has 0 spiro atoms. The van der Waals surface area contributed by atoms with Crippen molar-refractivity contribution in [2.45, 2.75) is 25.0 Å². The molecule has 2 aliphatic heterocycles. The lowest BCUT2D eigenvalue weighted by atomic mass is 10.0. The lowest BCUT2D eigenvalue weighted by Gasteiger charge is -2.24. The summed E-state index contributed by atoms with van der Waals surface area (Å²) < 4.78 is 0. The lowest BCUT2D eigenvalue weighted by molar-refractivity contribution is 0.0778. The number of β-amino-alcohol motifs (C(OH)–C–C–N with tert-alkyl or cyclic N) is 1. The zero-order valence-electron chi connectivity index (χ0n) is 13.6. The summed E-state index contributed by atoms with van der Waals surface area (Å²) in [6, 6.07) is 8.06. The molecule has 0 bridgehead atoms. The first-order chi connectivity index (χ1) is 11.7. The number of nitrogens with one attached hydrogen (secondary N) is 1. The van der Waals surface area contributed by atoms with Gasteiger partial charge >= 0.3 is 0 Å². The van der Waals surface area contributed by atoms with E-state index in [1.807, 2.05) is 35.4 Å². The Balaban J connectivity index is 1.51. The summed E-state index contributed by atoms with van der Waals surface area (Å²) in [7, 11) is 0. The molecule has 2 aliphatic rings. The largest absolute Gasteiger partial charge is 0.392 e. The monoisotopic (exact) mass is 326 g/mol. The molecule has 6 heteroatoms. The van der Waals surface area contributed by atoms with Crippen molar-refractivity contribution >= 4 is 5.91 Å². The summed E-state index contributed by atoms with van der Waals surface area (Å²) in [5, 5.41) is 16.5. The molecule has 0 saturated carbocycles. The fraction of sp³-hybridized carbons (Fsp3) is 0.444. The van der Waals surface area contributed by atoms with E-state index in [0.717, 1.165) is 55.7 Å². The number of carbonyl (C=O) groups is 1. The second-order valence-corrected chi connectivity index (χ2v) is 6.66. The van der Waals surface area contributed by atoms with E-state index in [1.54, 1.807) is 6.20 Å². The molecule has 24 heavy (non-hydrogen) atoms. The first-order valence-electron chi connectivity index (χ1n) is 8.52. The second kappa shape index (κ2) is 6.37. The van der Waals surface area contributed by atoms with Crippen LogP contribution in [0.1, 0.15) is 23.2 Å². The smallest absolute Gasteiger partial charge is 0.254 e. The molecule has 6 nitrogen and oxygen atoms in total. The molecule has 3 heterocycles. The van der Waals surface area contributed by atoms with E-state index in [1.165, 1.54) is 0 Å². The number of amides is 1. The Labute approximate surface area is 141 Å². The second-order valence-electron chi connectivity index (χ2n) is 6.66. The van der Waals surface area contributed by atoms with Crippen LogP contribution in [0.2, 0.25) is 0 Å². The molecule has 2 saturated heterocycles. The average Bonchev–Trinajstić information content (AvgIpc) is 3.35. The molecule has 4 rings (SSSR count). The quantitative estimate of drug-likeness (QED) is 0.893. The molecule has 0 aliphatic carbocycles. The number of aromatic amines is 1. The predicted molar refractivity (Wildman–Crippen MR) is 90.5 cm³/mol. The average molecular weight is 326 g/mol. The van der Waals surface area contributed by atoms with Crippen molar-refractivity contribution in [3.8, 4) is 11.1 Å². The summed E-state index contributed by atoms with van der Waals surface area (Å²) in [6.45, 7) is 3.18. The molecule has 2 N–H and O–H groups in total. The Morgan fingerprint density at radius 3 is 2.83 bits per heavy atom. The van der Waals surface area contributed by atoms with E-state index in [9.17, 15) is 9.90 Å². The Hall–Kier alpha value is -2.18. The van der Waals surface area contributed by atoms with Gasteiger partial charge < -0.3 is 10.0 Å². The van der Waals surface area contributed by atoms with Crippen LogP contribution in [0.3, 0.4) is 0 Å². The maximum atomic E-state index is 13.0. The lowest BCUT2D eigenvalue weighted by Crippen LogP contribution is -2.38. The van der Waals surface area contributed by atoms with Crippen molar-refractivity contribution in [2.24, 2.45) is 0 Å². The molecule has 2 unspecified atom stereocenters. The highest BCUT2D eigenvalue weighted by Gasteiger charge is 2.34. The van der Waals surface area contributed by atoms with E-state index in [2.05, 4.69) is 15.1 Å². The number of benzene rings is 1. The fourth-order valence-electron chi connectivity index (χ4n) is 3.81. The van der Waals surface area contributed by atoms with Crippen LogP contribution < -0.4 is 0 Å². The topological polar surface area (TPSA) is 72.5 Å². The number of likely N-dealkylation sites (tertiary alicyclic amines) is 2. The van der Waals surface area contributed by atoms with Gasteiger partial charge in [-0.2, -0.15) is 5.10 Å². The standard InChI is InChI=1S/C18H22N4O2/c23-15-6-8-21(12-15)14-5-7-22(11-14)18(24)17-4-2-1-3-16(17)13-9-19-20-10-13/h1-4,9-10,14-15,23H,5-8,11-12H2,(H,19,20). The van der Waals surface area contributed by atoms with Gasteiger partial charge in [-0.15, -0.1) is 0 Å². The highest BCUT2D eigenvalue weighted by molar-refractivity contribution is 6.00. The first-order valence-corrected chi connectivity index (χ1v) is 8.52. The molecule has 1 aromatic carbocycles. The van der Waals surface area contributed by atoms with Crippen LogP contribution >= 0.6 is 0 Å². The van der Waals surface area contributed by atoms with Gasteiger partial charge in [-0.05, 0) is 24.5 Å². The van der Waals surface area contributed by atoms with Crippen molar-refractivity contribution in [3.63, 3.8) is 0 Å². The van der Waals surface area contributed by atoms with Crippen molar-refractivity contribution in [1.82, 2.24) is 20.0 Å². The van der Waals surface area contributed by atoms with Gasteiger partial charge in [-0.1, -0.05) is 18.2 Å². The third kappa shape index (κ3) is 2.83. The Morgan fingerprint density at radius 2 is 2.08 bits per heavy atom. The number of aliphatic hydroxyl groups excluding tert-OH is 1. The molecule has 1 aromatic heterocycles. The van der Waals surface area contributed by atoms with Crippen LogP contribution in [0.5, 0.6) is 0 Å². The zero-order valence-corrected chi connectivity index (χ0v) is 13.6. The maximum Gasteiger partial charge on any atom is 0.254 e. The molecule has 2 aromatic rings. The van der Waals surface area contributed by atoms with Gasteiger partial charge in [0.05, 0.1) is 12.3 Å². The Morgan fingerprint density at radius 1 is 1.21 bits per heavy atom. The van der Waals surface area contributed by atoms with E-state index < -0.39 is 0 Å². The number of hydrogen-bond donors (Lipinski definition) is 2. The first kappa shape index (κ1) is 15.4.